The minimum atomic E-state index is -0.606. The largest absolute Gasteiger partial charge is 0.342 e. The summed E-state index contributed by atoms with van der Waals surface area (Å²) >= 11 is 2.57. The zero-order valence-corrected chi connectivity index (χ0v) is 12.2. The van der Waals surface area contributed by atoms with Crippen LogP contribution in [0.3, 0.4) is 0 Å². The normalized spacial score (nSPS) is 10.7. The van der Waals surface area contributed by atoms with Crippen LogP contribution in [0.4, 0.5) is 0 Å². The van der Waals surface area contributed by atoms with E-state index in [-0.39, 0.29) is 5.03 Å². The highest BCUT2D eigenvalue weighted by atomic mass is 32.2. The maximum atomic E-state index is 11.5. The molecule has 7 nitrogen and oxygen atoms in total. The van der Waals surface area contributed by atoms with Gasteiger partial charge in [0.05, 0.1) is 0 Å². The zero-order valence-electron chi connectivity index (χ0n) is 10.6. The molecular weight excluding hydrogens is 310 g/mol. The Balaban J connectivity index is 1.71. The van der Waals surface area contributed by atoms with Gasteiger partial charge in [0.1, 0.15) is 5.69 Å². The second kappa shape index (κ2) is 6.02. The second-order valence-electron chi connectivity index (χ2n) is 4.09. The molecule has 106 valence electrons. The lowest BCUT2D eigenvalue weighted by Gasteiger charge is -2.01. The van der Waals surface area contributed by atoms with Crippen molar-refractivity contribution < 1.29 is 0 Å². The van der Waals surface area contributed by atoms with Gasteiger partial charge in [0.25, 0.3) is 5.56 Å². The van der Waals surface area contributed by atoms with Gasteiger partial charge in [-0.2, -0.15) is 5.10 Å². The van der Waals surface area contributed by atoms with Crippen molar-refractivity contribution in [3.63, 3.8) is 0 Å². The summed E-state index contributed by atoms with van der Waals surface area (Å²) in [5.41, 5.74) is 1.80. The monoisotopic (exact) mass is 319 g/mol. The molecule has 3 aromatic rings. The van der Waals surface area contributed by atoms with Crippen LogP contribution in [0.25, 0.3) is 11.3 Å². The summed E-state index contributed by atoms with van der Waals surface area (Å²) in [6, 6.07) is 7.83. The number of aromatic amines is 2. The summed E-state index contributed by atoms with van der Waals surface area (Å²) in [4.78, 5) is 24.5. The molecule has 0 aliphatic carbocycles. The van der Waals surface area contributed by atoms with E-state index in [1.807, 2.05) is 29.6 Å². The number of hydrogen-bond acceptors (Lipinski definition) is 7. The van der Waals surface area contributed by atoms with E-state index in [9.17, 15) is 9.59 Å². The highest BCUT2D eigenvalue weighted by Crippen LogP contribution is 2.21. The van der Waals surface area contributed by atoms with Crippen LogP contribution >= 0.6 is 23.3 Å². The molecule has 21 heavy (non-hydrogen) atoms. The molecule has 2 N–H and O–H groups in total. The quantitative estimate of drug-likeness (QED) is 0.702. The van der Waals surface area contributed by atoms with E-state index in [1.165, 1.54) is 23.3 Å². The molecule has 0 amide bonds. The molecule has 0 aliphatic heterocycles. The molecule has 0 radical (unpaired) electrons. The first-order valence-electron chi connectivity index (χ1n) is 5.90. The van der Waals surface area contributed by atoms with Gasteiger partial charge in [0, 0.05) is 16.7 Å². The van der Waals surface area contributed by atoms with E-state index in [2.05, 4.69) is 24.8 Å². The fourth-order valence-corrected chi connectivity index (χ4v) is 2.90. The van der Waals surface area contributed by atoms with Crippen LogP contribution in [0.15, 0.2) is 44.3 Å². The van der Waals surface area contributed by atoms with Crippen LogP contribution in [0, 0.1) is 0 Å². The van der Waals surface area contributed by atoms with E-state index >= 15 is 0 Å². The van der Waals surface area contributed by atoms with E-state index < -0.39 is 11.2 Å². The molecule has 0 aliphatic rings. The van der Waals surface area contributed by atoms with Gasteiger partial charge in [0.15, 0.2) is 5.03 Å². The Hall–Kier alpha value is -2.26. The Kier molecular flexibility index (Phi) is 3.93. The first kappa shape index (κ1) is 13.7. The molecular formula is C12H9N5O2S2. The third-order valence-corrected chi connectivity index (χ3v) is 4.20. The molecule has 1 aromatic carbocycles. The number of nitrogens with zero attached hydrogens (tertiary/aromatic N) is 3. The lowest BCUT2D eigenvalue weighted by Crippen LogP contribution is -2.24. The molecule has 0 saturated heterocycles. The summed E-state index contributed by atoms with van der Waals surface area (Å²) in [7, 11) is 0. The van der Waals surface area contributed by atoms with Crippen LogP contribution in [0.5, 0.6) is 0 Å². The number of hydrogen-bond donors (Lipinski definition) is 2. The summed E-state index contributed by atoms with van der Waals surface area (Å²) in [5, 5.41) is 12.0. The molecule has 0 fully saturated rings. The Labute approximate surface area is 126 Å². The predicted octanol–water partition coefficient (Wildman–Crippen LogP) is 1.27. The first-order chi connectivity index (χ1) is 10.2. The van der Waals surface area contributed by atoms with Crippen LogP contribution < -0.4 is 11.2 Å². The van der Waals surface area contributed by atoms with Crippen LogP contribution in [0.1, 0.15) is 5.56 Å². The summed E-state index contributed by atoms with van der Waals surface area (Å²) in [6.45, 7) is 0. The smallest absolute Gasteiger partial charge is 0.271 e. The van der Waals surface area contributed by atoms with Gasteiger partial charge in [-0.05, 0) is 17.1 Å². The average Bonchev–Trinajstić information content (AvgIpc) is 3.01. The standard InChI is InChI=1S/C12H9N5O2S2/c18-10-11(15-16-12(19)13-10)20-5-7-1-3-8(4-2-7)9-6-21-17-14-9/h1-4,6H,5H2,(H2,13,16,18,19). The lowest BCUT2D eigenvalue weighted by molar-refractivity contribution is 0.807. The van der Waals surface area contributed by atoms with Gasteiger partial charge in [-0.1, -0.05) is 40.5 Å². The highest BCUT2D eigenvalue weighted by Gasteiger charge is 2.05. The van der Waals surface area contributed by atoms with Crippen molar-refractivity contribution in [2.24, 2.45) is 0 Å². The second-order valence-corrected chi connectivity index (χ2v) is 5.66. The number of thioether (sulfide) groups is 1. The van der Waals surface area contributed by atoms with Gasteiger partial charge >= 0.3 is 5.69 Å². The van der Waals surface area contributed by atoms with E-state index in [0.29, 0.717) is 5.75 Å². The number of H-pyrrole nitrogens is 2. The summed E-state index contributed by atoms with van der Waals surface area (Å²) in [5.74, 6) is 0.581. The third-order valence-electron chi connectivity index (χ3n) is 2.67. The fraction of sp³-hybridized carbons (Fsp3) is 0.0833. The minimum absolute atomic E-state index is 0.238. The van der Waals surface area contributed by atoms with Gasteiger partial charge in [-0.25, -0.2) is 9.89 Å². The van der Waals surface area contributed by atoms with Crippen molar-refractivity contribution in [3.8, 4) is 11.3 Å². The van der Waals surface area contributed by atoms with E-state index in [4.69, 9.17) is 0 Å². The Bertz CT molecular complexity index is 839. The van der Waals surface area contributed by atoms with Crippen molar-refractivity contribution in [1.29, 1.82) is 0 Å². The van der Waals surface area contributed by atoms with Gasteiger partial charge in [0.2, 0.25) is 0 Å². The van der Waals surface area contributed by atoms with Crippen molar-refractivity contribution in [1.82, 2.24) is 24.8 Å². The first-order valence-corrected chi connectivity index (χ1v) is 7.73. The molecule has 0 atom stereocenters. The Morgan fingerprint density at radius 2 is 2.00 bits per heavy atom. The van der Waals surface area contributed by atoms with E-state index in [1.54, 1.807) is 0 Å². The minimum Gasteiger partial charge on any atom is -0.271 e. The van der Waals surface area contributed by atoms with E-state index in [0.717, 1.165) is 16.8 Å². The summed E-state index contributed by atoms with van der Waals surface area (Å²) < 4.78 is 3.83. The molecule has 9 heteroatoms. The predicted molar refractivity (Wildman–Crippen MR) is 80.4 cm³/mol. The highest BCUT2D eigenvalue weighted by molar-refractivity contribution is 7.98. The van der Waals surface area contributed by atoms with Crippen LogP contribution in [0.2, 0.25) is 0 Å². The van der Waals surface area contributed by atoms with Gasteiger partial charge in [-0.3, -0.25) is 9.78 Å². The van der Waals surface area contributed by atoms with Gasteiger partial charge < -0.3 is 0 Å². The van der Waals surface area contributed by atoms with Gasteiger partial charge in [-0.15, -0.1) is 5.10 Å². The maximum absolute atomic E-state index is 11.5. The zero-order chi connectivity index (χ0) is 14.7. The van der Waals surface area contributed by atoms with Crippen LogP contribution in [-0.2, 0) is 5.75 Å². The fourth-order valence-electron chi connectivity index (χ4n) is 1.65. The molecule has 0 bridgehead atoms. The van der Waals surface area contributed by atoms with Crippen molar-refractivity contribution >= 4 is 23.3 Å². The molecule has 2 aromatic heterocycles. The third kappa shape index (κ3) is 3.26. The molecule has 0 saturated carbocycles. The van der Waals surface area contributed by atoms with Crippen molar-refractivity contribution in [2.45, 2.75) is 10.8 Å². The molecule has 0 spiro atoms. The SMILES string of the molecule is O=c1[nH]nc(SCc2ccc(-c3csnn3)cc2)c(=O)[nH]1. The number of benzene rings is 1. The van der Waals surface area contributed by atoms with Crippen molar-refractivity contribution in [2.75, 3.05) is 0 Å². The summed E-state index contributed by atoms with van der Waals surface area (Å²) in [6.07, 6.45) is 0. The molecule has 3 rings (SSSR count). The van der Waals surface area contributed by atoms with Crippen molar-refractivity contribution in [3.05, 3.63) is 56.0 Å². The molecule has 2 heterocycles. The Morgan fingerprint density at radius 3 is 2.67 bits per heavy atom. The number of rotatable bonds is 4. The topological polar surface area (TPSA) is 104 Å². The maximum Gasteiger partial charge on any atom is 0.342 e. The lowest BCUT2D eigenvalue weighted by atomic mass is 10.1. The number of aromatic nitrogens is 5. The Morgan fingerprint density at radius 1 is 1.19 bits per heavy atom. The average molecular weight is 319 g/mol. The molecule has 0 unspecified atom stereocenters. The van der Waals surface area contributed by atoms with Crippen LogP contribution in [-0.4, -0.2) is 24.8 Å². The number of nitrogens with one attached hydrogen (secondary N) is 2.